The molecule has 112 valence electrons. The SMILES string of the molecule is Cn1c(N)nnc1SCC(=O)Nc1c(Cl)cc(Cl)cc1Cl. The molecular weight excluding hydrogens is 357 g/mol. The third-order valence-electron chi connectivity index (χ3n) is 2.47. The van der Waals surface area contributed by atoms with E-state index in [2.05, 4.69) is 15.5 Å². The van der Waals surface area contributed by atoms with Gasteiger partial charge in [-0.25, -0.2) is 0 Å². The van der Waals surface area contributed by atoms with Gasteiger partial charge in [0.05, 0.1) is 21.5 Å². The summed E-state index contributed by atoms with van der Waals surface area (Å²) in [5.74, 6) is 0.107. The molecule has 0 spiro atoms. The fourth-order valence-electron chi connectivity index (χ4n) is 1.42. The summed E-state index contributed by atoms with van der Waals surface area (Å²) in [5.41, 5.74) is 5.88. The van der Waals surface area contributed by atoms with Crippen LogP contribution < -0.4 is 11.1 Å². The molecule has 0 radical (unpaired) electrons. The lowest BCUT2D eigenvalue weighted by atomic mass is 10.3. The number of benzene rings is 1. The van der Waals surface area contributed by atoms with Crippen molar-refractivity contribution in [3.8, 4) is 0 Å². The largest absolute Gasteiger partial charge is 0.368 e. The smallest absolute Gasteiger partial charge is 0.234 e. The molecule has 10 heteroatoms. The average molecular weight is 367 g/mol. The number of carbonyl (C=O) groups is 1. The van der Waals surface area contributed by atoms with Crippen molar-refractivity contribution in [2.24, 2.45) is 7.05 Å². The summed E-state index contributed by atoms with van der Waals surface area (Å²) in [5, 5.41) is 11.6. The summed E-state index contributed by atoms with van der Waals surface area (Å²) < 4.78 is 1.58. The summed E-state index contributed by atoms with van der Waals surface area (Å²) in [6.45, 7) is 0. The molecule has 21 heavy (non-hydrogen) atoms. The number of hydrogen-bond acceptors (Lipinski definition) is 5. The van der Waals surface area contributed by atoms with Crippen LogP contribution in [0.5, 0.6) is 0 Å². The molecule has 2 aromatic rings. The second kappa shape index (κ2) is 6.74. The van der Waals surface area contributed by atoms with Crippen molar-refractivity contribution >= 4 is 64.1 Å². The molecule has 0 atom stereocenters. The number of amides is 1. The first-order valence-corrected chi connectivity index (χ1v) is 7.72. The van der Waals surface area contributed by atoms with Crippen molar-refractivity contribution < 1.29 is 4.79 Å². The highest BCUT2D eigenvalue weighted by Gasteiger charge is 2.13. The Hall–Kier alpha value is -1.15. The van der Waals surface area contributed by atoms with Crippen molar-refractivity contribution in [3.63, 3.8) is 0 Å². The van der Waals surface area contributed by atoms with Gasteiger partial charge in [0.2, 0.25) is 11.9 Å². The molecular formula is C11H10Cl3N5OS. The van der Waals surface area contributed by atoms with Gasteiger partial charge in [-0.15, -0.1) is 10.2 Å². The molecule has 2 rings (SSSR count). The van der Waals surface area contributed by atoms with Crippen LogP contribution in [-0.4, -0.2) is 26.4 Å². The lowest BCUT2D eigenvalue weighted by Crippen LogP contribution is -2.15. The van der Waals surface area contributed by atoms with Crippen LogP contribution in [0.4, 0.5) is 11.6 Å². The molecule has 0 saturated carbocycles. The quantitative estimate of drug-likeness (QED) is 0.812. The van der Waals surface area contributed by atoms with E-state index in [1.54, 1.807) is 11.6 Å². The zero-order valence-corrected chi connectivity index (χ0v) is 13.8. The second-order valence-electron chi connectivity index (χ2n) is 3.98. The molecule has 0 aliphatic heterocycles. The van der Waals surface area contributed by atoms with Crippen LogP contribution in [0.15, 0.2) is 17.3 Å². The Morgan fingerprint density at radius 2 is 1.95 bits per heavy atom. The Kier molecular flexibility index (Phi) is 5.21. The number of hydrogen-bond donors (Lipinski definition) is 2. The van der Waals surface area contributed by atoms with E-state index in [1.165, 1.54) is 23.9 Å². The molecule has 0 saturated heterocycles. The molecule has 0 aliphatic rings. The Morgan fingerprint density at radius 1 is 1.33 bits per heavy atom. The second-order valence-corrected chi connectivity index (χ2v) is 6.17. The molecule has 0 fully saturated rings. The first kappa shape index (κ1) is 16.2. The third-order valence-corrected chi connectivity index (χ3v) is 4.31. The highest BCUT2D eigenvalue weighted by Crippen LogP contribution is 2.33. The maximum absolute atomic E-state index is 11.9. The monoisotopic (exact) mass is 365 g/mol. The van der Waals surface area contributed by atoms with Gasteiger partial charge in [-0.05, 0) is 12.1 Å². The van der Waals surface area contributed by atoms with Gasteiger partial charge in [0, 0.05) is 12.1 Å². The normalized spacial score (nSPS) is 10.7. The van der Waals surface area contributed by atoms with Gasteiger partial charge in [0.25, 0.3) is 0 Å². The Morgan fingerprint density at radius 3 is 2.48 bits per heavy atom. The van der Waals surface area contributed by atoms with E-state index >= 15 is 0 Å². The molecule has 1 amide bonds. The maximum Gasteiger partial charge on any atom is 0.234 e. The molecule has 3 N–H and O–H groups in total. The van der Waals surface area contributed by atoms with Crippen molar-refractivity contribution in [2.45, 2.75) is 5.16 Å². The van der Waals surface area contributed by atoms with Gasteiger partial charge in [-0.2, -0.15) is 0 Å². The predicted molar refractivity (Wildman–Crippen MR) is 86.2 cm³/mol. The van der Waals surface area contributed by atoms with Crippen LogP contribution in [0.25, 0.3) is 0 Å². The van der Waals surface area contributed by atoms with E-state index in [9.17, 15) is 4.79 Å². The van der Waals surface area contributed by atoms with Gasteiger partial charge in [0.1, 0.15) is 0 Å². The number of nitrogens with two attached hydrogens (primary N) is 1. The summed E-state index contributed by atoms with van der Waals surface area (Å²) in [6.07, 6.45) is 0. The molecule has 1 aromatic carbocycles. The van der Waals surface area contributed by atoms with E-state index in [-0.39, 0.29) is 27.7 Å². The van der Waals surface area contributed by atoms with Gasteiger partial charge in [-0.1, -0.05) is 46.6 Å². The number of rotatable bonds is 4. The van der Waals surface area contributed by atoms with Crippen molar-refractivity contribution in [2.75, 3.05) is 16.8 Å². The van der Waals surface area contributed by atoms with Gasteiger partial charge in [-0.3, -0.25) is 9.36 Å². The van der Waals surface area contributed by atoms with E-state index in [0.29, 0.717) is 15.9 Å². The third kappa shape index (κ3) is 3.94. The standard InChI is InChI=1S/C11H10Cl3N5OS/c1-19-10(15)17-18-11(19)21-4-8(20)16-9-6(13)2-5(12)3-7(9)14/h2-3H,4H2,1H3,(H2,15,17)(H,16,20). The summed E-state index contributed by atoms with van der Waals surface area (Å²) in [6, 6.07) is 3.00. The number of nitrogens with zero attached hydrogens (tertiary/aromatic N) is 3. The molecule has 6 nitrogen and oxygen atoms in total. The minimum Gasteiger partial charge on any atom is -0.368 e. The highest BCUT2D eigenvalue weighted by molar-refractivity contribution is 7.99. The molecule has 0 aliphatic carbocycles. The Bertz CT molecular complexity index is 667. The molecule has 0 unspecified atom stereocenters. The molecule has 1 aromatic heterocycles. The van der Waals surface area contributed by atoms with Crippen LogP contribution in [0.2, 0.25) is 15.1 Å². The van der Waals surface area contributed by atoms with Crippen molar-refractivity contribution in [3.05, 3.63) is 27.2 Å². The zero-order chi connectivity index (χ0) is 15.6. The fourth-order valence-corrected chi connectivity index (χ4v) is 3.05. The number of thioether (sulfide) groups is 1. The van der Waals surface area contributed by atoms with Gasteiger partial charge in [0.15, 0.2) is 5.16 Å². The first-order chi connectivity index (χ1) is 9.88. The fraction of sp³-hybridized carbons (Fsp3) is 0.182. The molecule has 1 heterocycles. The van der Waals surface area contributed by atoms with Crippen LogP contribution >= 0.6 is 46.6 Å². The van der Waals surface area contributed by atoms with E-state index in [0.717, 1.165) is 0 Å². The van der Waals surface area contributed by atoms with Crippen LogP contribution in [-0.2, 0) is 11.8 Å². The molecule has 0 bridgehead atoms. The van der Waals surface area contributed by atoms with E-state index in [4.69, 9.17) is 40.5 Å². The number of carbonyl (C=O) groups excluding carboxylic acids is 1. The van der Waals surface area contributed by atoms with Gasteiger partial charge >= 0.3 is 0 Å². The Labute approximate surface area is 139 Å². The maximum atomic E-state index is 11.9. The zero-order valence-electron chi connectivity index (χ0n) is 10.7. The first-order valence-electron chi connectivity index (χ1n) is 5.60. The van der Waals surface area contributed by atoms with Crippen molar-refractivity contribution in [1.29, 1.82) is 0 Å². The predicted octanol–water partition coefficient (Wildman–Crippen LogP) is 3.09. The minimum atomic E-state index is -0.285. The summed E-state index contributed by atoms with van der Waals surface area (Å²) in [7, 11) is 1.71. The lowest BCUT2D eigenvalue weighted by Gasteiger charge is -2.09. The Balaban J connectivity index is 2.01. The van der Waals surface area contributed by atoms with E-state index < -0.39 is 0 Å². The number of nitrogen functional groups attached to an aromatic ring is 1. The number of aromatic nitrogens is 3. The average Bonchev–Trinajstić information content (AvgIpc) is 2.72. The highest BCUT2D eigenvalue weighted by atomic mass is 35.5. The van der Waals surface area contributed by atoms with Crippen LogP contribution in [0.1, 0.15) is 0 Å². The topological polar surface area (TPSA) is 85.8 Å². The minimum absolute atomic E-state index is 0.112. The number of nitrogens with one attached hydrogen (secondary N) is 1. The summed E-state index contributed by atoms with van der Waals surface area (Å²) >= 11 is 19.0. The summed E-state index contributed by atoms with van der Waals surface area (Å²) in [4.78, 5) is 11.9. The number of anilines is 2. The lowest BCUT2D eigenvalue weighted by molar-refractivity contribution is -0.113. The van der Waals surface area contributed by atoms with Gasteiger partial charge < -0.3 is 11.1 Å². The van der Waals surface area contributed by atoms with Crippen LogP contribution in [0, 0.1) is 0 Å². The van der Waals surface area contributed by atoms with E-state index in [1.807, 2.05) is 0 Å². The van der Waals surface area contributed by atoms with Crippen molar-refractivity contribution in [1.82, 2.24) is 14.8 Å². The number of halogens is 3. The van der Waals surface area contributed by atoms with Crippen LogP contribution in [0.3, 0.4) is 0 Å².